The van der Waals surface area contributed by atoms with Crippen LogP contribution in [0, 0.1) is 5.92 Å². The zero-order chi connectivity index (χ0) is 12.0. The van der Waals surface area contributed by atoms with Crippen molar-refractivity contribution >= 4 is 5.97 Å². The van der Waals surface area contributed by atoms with Crippen molar-refractivity contribution in [3.8, 4) is 0 Å². The number of rotatable bonds is 6. The molecule has 4 heteroatoms. The fourth-order valence-corrected chi connectivity index (χ4v) is 2.09. The fraction of sp³-hybridized carbons (Fsp3) is 0.917. The largest absolute Gasteiger partial charge is 0.481 e. The maximum absolute atomic E-state index is 11.1. The number of unbranched alkanes of at least 4 members (excludes halogenated alkanes) is 1. The Morgan fingerprint density at radius 3 is 2.44 bits per heavy atom. The summed E-state index contributed by atoms with van der Waals surface area (Å²) in [5.74, 6) is -0.810. The maximum Gasteiger partial charge on any atom is 0.307 e. The van der Waals surface area contributed by atoms with Gasteiger partial charge in [-0.15, -0.1) is 0 Å². The van der Waals surface area contributed by atoms with E-state index in [1.807, 2.05) is 0 Å². The molecule has 1 aliphatic heterocycles. The molecule has 1 fully saturated rings. The molecule has 1 atom stereocenters. The third-order valence-electron chi connectivity index (χ3n) is 3.33. The normalized spacial score (nSPS) is 20.9. The Morgan fingerprint density at radius 2 is 1.94 bits per heavy atom. The van der Waals surface area contributed by atoms with Gasteiger partial charge in [-0.3, -0.25) is 9.69 Å². The van der Waals surface area contributed by atoms with E-state index in [0.29, 0.717) is 0 Å². The van der Waals surface area contributed by atoms with E-state index in [2.05, 4.69) is 23.8 Å². The van der Waals surface area contributed by atoms with E-state index < -0.39 is 5.97 Å². The van der Waals surface area contributed by atoms with Gasteiger partial charge < -0.3 is 10.0 Å². The summed E-state index contributed by atoms with van der Waals surface area (Å²) in [6.45, 7) is 6.96. The first-order valence-corrected chi connectivity index (χ1v) is 6.27. The van der Waals surface area contributed by atoms with Crippen LogP contribution in [0.5, 0.6) is 0 Å². The minimum atomic E-state index is -0.632. The minimum absolute atomic E-state index is 0.177. The van der Waals surface area contributed by atoms with Crippen molar-refractivity contribution in [2.75, 3.05) is 39.8 Å². The van der Waals surface area contributed by atoms with E-state index in [4.69, 9.17) is 5.11 Å². The van der Waals surface area contributed by atoms with Gasteiger partial charge in [0.25, 0.3) is 0 Å². The van der Waals surface area contributed by atoms with Gasteiger partial charge in [-0.2, -0.15) is 0 Å². The third kappa shape index (κ3) is 4.49. The molecule has 1 aliphatic rings. The summed E-state index contributed by atoms with van der Waals surface area (Å²) in [5.41, 5.74) is 0. The highest BCUT2D eigenvalue weighted by Crippen LogP contribution is 2.12. The Hall–Kier alpha value is -0.610. The van der Waals surface area contributed by atoms with Crippen LogP contribution in [-0.2, 0) is 4.79 Å². The molecule has 0 bridgehead atoms. The van der Waals surface area contributed by atoms with Crippen molar-refractivity contribution in [2.24, 2.45) is 5.92 Å². The van der Waals surface area contributed by atoms with Crippen molar-refractivity contribution < 1.29 is 9.90 Å². The minimum Gasteiger partial charge on any atom is -0.481 e. The number of carboxylic acid groups (broad SMARTS) is 1. The van der Waals surface area contributed by atoms with Gasteiger partial charge >= 0.3 is 5.97 Å². The number of piperazine rings is 1. The molecular formula is C12H24N2O2. The highest BCUT2D eigenvalue weighted by molar-refractivity contribution is 5.70. The maximum atomic E-state index is 11.1. The first-order valence-electron chi connectivity index (χ1n) is 6.27. The van der Waals surface area contributed by atoms with E-state index in [-0.39, 0.29) is 5.92 Å². The van der Waals surface area contributed by atoms with E-state index in [9.17, 15) is 4.79 Å². The number of hydrogen-bond acceptors (Lipinski definition) is 3. The SMILES string of the molecule is CCCCC(CN1CCN(C)CC1)C(=O)O. The van der Waals surface area contributed by atoms with Gasteiger partial charge in [0.2, 0.25) is 0 Å². The molecule has 0 aliphatic carbocycles. The van der Waals surface area contributed by atoms with Gasteiger partial charge in [0.05, 0.1) is 5.92 Å². The fourth-order valence-electron chi connectivity index (χ4n) is 2.09. The first-order chi connectivity index (χ1) is 7.63. The Labute approximate surface area is 98.2 Å². The Balaban J connectivity index is 2.33. The summed E-state index contributed by atoms with van der Waals surface area (Å²) in [6, 6.07) is 0. The molecule has 1 rings (SSSR count). The number of carbonyl (C=O) groups is 1. The van der Waals surface area contributed by atoms with Crippen LogP contribution in [0.2, 0.25) is 0 Å². The van der Waals surface area contributed by atoms with E-state index in [1.165, 1.54) is 0 Å². The summed E-state index contributed by atoms with van der Waals surface area (Å²) in [5, 5.41) is 9.15. The number of carboxylic acids is 1. The van der Waals surface area contributed by atoms with Gasteiger partial charge in [-0.25, -0.2) is 0 Å². The molecular weight excluding hydrogens is 204 g/mol. The van der Waals surface area contributed by atoms with E-state index in [1.54, 1.807) is 0 Å². The van der Waals surface area contributed by atoms with Crippen LogP contribution in [0.3, 0.4) is 0 Å². The summed E-state index contributed by atoms with van der Waals surface area (Å²) < 4.78 is 0. The smallest absolute Gasteiger partial charge is 0.307 e. The Morgan fingerprint density at radius 1 is 1.31 bits per heavy atom. The average molecular weight is 228 g/mol. The zero-order valence-electron chi connectivity index (χ0n) is 10.5. The van der Waals surface area contributed by atoms with Crippen LogP contribution in [-0.4, -0.2) is 60.6 Å². The molecule has 0 spiro atoms. The monoisotopic (exact) mass is 228 g/mol. The second kappa shape index (κ2) is 6.86. The molecule has 0 aromatic carbocycles. The molecule has 1 N–H and O–H groups in total. The van der Waals surface area contributed by atoms with E-state index >= 15 is 0 Å². The average Bonchev–Trinajstić information content (AvgIpc) is 2.26. The van der Waals surface area contributed by atoms with Crippen molar-refractivity contribution in [2.45, 2.75) is 26.2 Å². The Kier molecular flexibility index (Phi) is 5.77. The Bertz CT molecular complexity index is 213. The molecule has 1 unspecified atom stereocenters. The van der Waals surface area contributed by atoms with Gasteiger partial charge in [-0.05, 0) is 13.5 Å². The van der Waals surface area contributed by atoms with Gasteiger partial charge in [0.1, 0.15) is 0 Å². The van der Waals surface area contributed by atoms with Crippen molar-refractivity contribution in [1.29, 1.82) is 0 Å². The van der Waals surface area contributed by atoms with Crippen LogP contribution in [0.25, 0.3) is 0 Å². The second-order valence-corrected chi connectivity index (χ2v) is 4.78. The molecule has 0 radical (unpaired) electrons. The van der Waals surface area contributed by atoms with Crippen molar-refractivity contribution in [3.63, 3.8) is 0 Å². The summed E-state index contributed by atoms with van der Waals surface area (Å²) in [7, 11) is 2.11. The zero-order valence-corrected chi connectivity index (χ0v) is 10.5. The quantitative estimate of drug-likeness (QED) is 0.740. The standard InChI is InChI=1S/C12H24N2O2/c1-3-4-5-11(12(15)16)10-14-8-6-13(2)7-9-14/h11H,3-10H2,1-2H3,(H,15,16). The summed E-state index contributed by atoms with van der Waals surface area (Å²) >= 11 is 0. The molecule has 0 aromatic rings. The predicted octanol–water partition coefficient (Wildman–Crippen LogP) is 1.12. The number of hydrogen-bond donors (Lipinski definition) is 1. The number of nitrogens with zero attached hydrogens (tertiary/aromatic N) is 2. The summed E-state index contributed by atoms with van der Waals surface area (Å²) in [6.07, 6.45) is 2.91. The van der Waals surface area contributed by atoms with Gasteiger partial charge in [0, 0.05) is 32.7 Å². The van der Waals surface area contributed by atoms with Crippen LogP contribution in [0.4, 0.5) is 0 Å². The molecule has 94 valence electrons. The lowest BCUT2D eigenvalue weighted by Crippen LogP contribution is -2.46. The molecule has 0 aromatic heterocycles. The molecule has 1 saturated heterocycles. The molecule has 0 amide bonds. The first kappa shape index (κ1) is 13.5. The van der Waals surface area contributed by atoms with Gasteiger partial charge in [-0.1, -0.05) is 19.8 Å². The molecule has 4 nitrogen and oxygen atoms in total. The van der Waals surface area contributed by atoms with Gasteiger partial charge in [0.15, 0.2) is 0 Å². The molecule has 16 heavy (non-hydrogen) atoms. The van der Waals surface area contributed by atoms with Crippen LogP contribution in [0.15, 0.2) is 0 Å². The van der Waals surface area contributed by atoms with Crippen LogP contribution < -0.4 is 0 Å². The van der Waals surface area contributed by atoms with Crippen LogP contribution >= 0.6 is 0 Å². The lowest BCUT2D eigenvalue weighted by Gasteiger charge is -2.33. The highest BCUT2D eigenvalue weighted by Gasteiger charge is 2.22. The van der Waals surface area contributed by atoms with Crippen molar-refractivity contribution in [1.82, 2.24) is 9.80 Å². The molecule has 0 saturated carbocycles. The van der Waals surface area contributed by atoms with Crippen molar-refractivity contribution in [3.05, 3.63) is 0 Å². The lowest BCUT2D eigenvalue weighted by atomic mass is 10.0. The second-order valence-electron chi connectivity index (χ2n) is 4.78. The van der Waals surface area contributed by atoms with Crippen LogP contribution in [0.1, 0.15) is 26.2 Å². The lowest BCUT2D eigenvalue weighted by molar-refractivity contribution is -0.142. The summed E-state index contributed by atoms with van der Waals surface area (Å²) in [4.78, 5) is 15.7. The number of aliphatic carboxylic acids is 1. The third-order valence-corrected chi connectivity index (χ3v) is 3.33. The predicted molar refractivity (Wildman–Crippen MR) is 64.6 cm³/mol. The molecule has 1 heterocycles. The highest BCUT2D eigenvalue weighted by atomic mass is 16.4. The van der Waals surface area contributed by atoms with E-state index in [0.717, 1.165) is 52.0 Å². The topological polar surface area (TPSA) is 43.8 Å². The number of likely N-dealkylation sites (N-methyl/N-ethyl adjacent to an activating group) is 1.